The van der Waals surface area contributed by atoms with Gasteiger partial charge in [-0.25, -0.2) is 9.67 Å². The van der Waals surface area contributed by atoms with Gasteiger partial charge in [-0.05, 0) is 35.9 Å². The predicted octanol–water partition coefficient (Wildman–Crippen LogP) is 3.31. The molecule has 7 nitrogen and oxygen atoms in total. The average Bonchev–Trinajstić information content (AvgIpc) is 3.17. The SMILES string of the molecule is COc1ccc(Cn2ncc3cc(Sc4cccc5[nH][n+](C)cc45)ccc3c2=O)cn1. The second kappa shape index (κ2) is 7.88. The summed E-state index contributed by atoms with van der Waals surface area (Å²) >= 11 is 1.67. The van der Waals surface area contributed by atoms with Crippen molar-refractivity contribution in [2.75, 3.05) is 7.11 Å². The zero-order valence-corrected chi connectivity index (χ0v) is 17.9. The molecule has 0 bridgehead atoms. The van der Waals surface area contributed by atoms with Gasteiger partial charge >= 0.3 is 0 Å². The molecule has 0 radical (unpaired) electrons. The molecule has 0 unspecified atom stereocenters. The van der Waals surface area contributed by atoms with Crippen LogP contribution in [0.25, 0.3) is 21.7 Å². The van der Waals surface area contributed by atoms with E-state index in [4.69, 9.17) is 4.74 Å². The lowest BCUT2D eigenvalue weighted by Gasteiger charge is -2.08. The maximum atomic E-state index is 12.9. The van der Waals surface area contributed by atoms with Crippen molar-refractivity contribution in [3.05, 3.63) is 83.0 Å². The van der Waals surface area contributed by atoms with E-state index in [9.17, 15) is 4.79 Å². The Morgan fingerprint density at radius 1 is 1.13 bits per heavy atom. The Hall–Kier alpha value is -3.65. The molecule has 3 aromatic heterocycles. The molecule has 5 aromatic rings. The molecule has 0 aliphatic rings. The first-order valence-electron chi connectivity index (χ1n) is 9.75. The van der Waals surface area contributed by atoms with Gasteiger partial charge in [0, 0.05) is 27.4 Å². The van der Waals surface area contributed by atoms with Crippen LogP contribution in [0.5, 0.6) is 5.88 Å². The number of benzene rings is 2. The van der Waals surface area contributed by atoms with Crippen LogP contribution in [-0.2, 0) is 13.6 Å². The number of ether oxygens (including phenoxy) is 1. The van der Waals surface area contributed by atoms with E-state index in [0.717, 1.165) is 31.6 Å². The van der Waals surface area contributed by atoms with Gasteiger partial charge in [0.1, 0.15) is 5.52 Å². The third-order valence-corrected chi connectivity index (χ3v) is 6.14. The van der Waals surface area contributed by atoms with E-state index in [-0.39, 0.29) is 5.56 Å². The number of hydrogen-bond acceptors (Lipinski definition) is 5. The van der Waals surface area contributed by atoms with Gasteiger partial charge in [0.25, 0.3) is 5.56 Å². The lowest BCUT2D eigenvalue weighted by atomic mass is 10.2. The van der Waals surface area contributed by atoms with Gasteiger partial charge in [0.2, 0.25) is 12.1 Å². The van der Waals surface area contributed by atoms with E-state index >= 15 is 0 Å². The fourth-order valence-corrected chi connectivity index (χ4v) is 4.54. The fraction of sp³-hybridized carbons (Fsp3) is 0.130. The fourth-order valence-electron chi connectivity index (χ4n) is 3.55. The number of rotatable bonds is 5. The molecule has 2 aromatic carbocycles. The predicted molar refractivity (Wildman–Crippen MR) is 119 cm³/mol. The second-order valence-electron chi connectivity index (χ2n) is 7.24. The van der Waals surface area contributed by atoms with Crippen LogP contribution < -0.4 is 15.0 Å². The first kappa shape index (κ1) is 19.3. The number of fused-ring (bicyclic) bond motifs is 2. The zero-order valence-electron chi connectivity index (χ0n) is 17.1. The van der Waals surface area contributed by atoms with E-state index in [1.807, 2.05) is 42.1 Å². The van der Waals surface area contributed by atoms with Crippen molar-refractivity contribution in [3.63, 3.8) is 0 Å². The number of methoxy groups -OCH3 is 1. The van der Waals surface area contributed by atoms with Crippen LogP contribution in [0, 0.1) is 0 Å². The molecular weight excluding hydrogens is 410 g/mol. The summed E-state index contributed by atoms with van der Waals surface area (Å²) in [5.41, 5.74) is 1.85. The summed E-state index contributed by atoms with van der Waals surface area (Å²) in [4.78, 5) is 19.3. The molecule has 0 spiro atoms. The third kappa shape index (κ3) is 3.77. The monoisotopic (exact) mass is 430 g/mol. The quantitative estimate of drug-likeness (QED) is 0.433. The minimum absolute atomic E-state index is 0.121. The highest BCUT2D eigenvalue weighted by Crippen LogP contribution is 2.33. The van der Waals surface area contributed by atoms with Gasteiger partial charge < -0.3 is 4.74 Å². The maximum absolute atomic E-state index is 12.9. The van der Waals surface area contributed by atoms with Crippen molar-refractivity contribution in [3.8, 4) is 5.88 Å². The number of nitrogens with one attached hydrogen (secondary N) is 1. The molecule has 3 heterocycles. The molecule has 0 atom stereocenters. The van der Waals surface area contributed by atoms with E-state index in [1.165, 1.54) is 4.68 Å². The van der Waals surface area contributed by atoms with Crippen molar-refractivity contribution < 1.29 is 9.42 Å². The lowest BCUT2D eigenvalue weighted by molar-refractivity contribution is -0.724. The van der Waals surface area contributed by atoms with Crippen molar-refractivity contribution in [2.45, 2.75) is 16.3 Å². The highest BCUT2D eigenvalue weighted by molar-refractivity contribution is 7.99. The molecule has 0 saturated carbocycles. The van der Waals surface area contributed by atoms with Gasteiger partial charge in [-0.15, -0.1) is 4.68 Å². The van der Waals surface area contributed by atoms with Crippen LogP contribution in [0.1, 0.15) is 5.56 Å². The molecule has 1 N–H and O–H groups in total. The van der Waals surface area contributed by atoms with E-state index < -0.39 is 0 Å². The largest absolute Gasteiger partial charge is 0.481 e. The topological polar surface area (TPSA) is 76.7 Å². The van der Waals surface area contributed by atoms with E-state index in [2.05, 4.69) is 33.5 Å². The number of nitrogens with zero attached hydrogens (tertiary/aromatic N) is 4. The van der Waals surface area contributed by atoms with Gasteiger partial charge in [-0.1, -0.05) is 23.9 Å². The highest BCUT2D eigenvalue weighted by atomic mass is 32.2. The number of aromatic nitrogens is 5. The van der Waals surface area contributed by atoms with E-state index in [1.54, 1.807) is 37.3 Å². The molecule has 5 rings (SSSR count). The summed E-state index contributed by atoms with van der Waals surface area (Å²) in [6.45, 7) is 0.356. The Morgan fingerprint density at radius 3 is 2.84 bits per heavy atom. The third-order valence-electron chi connectivity index (χ3n) is 5.08. The second-order valence-corrected chi connectivity index (χ2v) is 8.35. The van der Waals surface area contributed by atoms with Crippen LogP contribution in [0.4, 0.5) is 0 Å². The first-order chi connectivity index (χ1) is 15.1. The first-order valence-corrected chi connectivity index (χ1v) is 10.6. The van der Waals surface area contributed by atoms with Gasteiger partial charge in [0.05, 0.1) is 30.6 Å². The Bertz CT molecular complexity index is 1460. The molecule has 154 valence electrons. The normalized spacial score (nSPS) is 11.3. The molecular formula is C23H20N5O2S+. The number of aryl methyl sites for hydroxylation is 1. The van der Waals surface area contributed by atoms with Crippen LogP contribution in [-0.4, -0.2) is 27.0 Å². The smallest absolute Gasteiger partial charge is 0.274 e. The standard InChI is InChI=1S/C23H19N5O2S/c1-27-14-19-20(26-27)4-3-5-21(19)31-17-7-8-18-16(10-17)12-25-28(23(18)29)13-15-6-9-22(30-2)24-11-15/h3-12,14H,13H2,1-2H3/p+1. The lowest BCUT2D eigenvalue weighted by Crippen LogP contribution is -2.27. The molecule has 0 saturated heterocycles. The Balaban J connectivity index is 1.45. The van der Waals surface area contributed by atoms with Gasteiger partial charge in [-0.2, -0.15) is 10.2 Å². The zero-order chi connectivity index (χ0) is 21.4. The summed E-state index contributed by atoms with van der Waals surface area (Å²) in [6.07, 6.45) is 5.51. The van der Waals surface area contributed by atoms with Gasteiger partial charge in [0.15, 0.2) is 7.05 Å². The molecule has 31 heavy (non-hydrogen) atoms. The van der Waals surface area contributed by atoms with Crippen molar-refractivity contribution in [1.29, 1.82) is 0 Å². The minimum Gasteiger partial charge on any atom is -0.481 e. The summed E-state index contributed by atoms with van der Waals surface area (Å²) in [7, 11) is 3.55. The average molecular weight is 431 g/mol. The van der Waals surface area contributed by atoms with Crippen molar-refractivity contribution in [1.82, 2.24) is 19.9 Å². The Morgan fingerprint density at radius 2 is 2.03 bits per heavy atom. The van der Waals surface area contributed by atoms with Crippen LogP contribution in [0.2, 0.25) is 0 Å². The van der Waals surface area contributed by atoms with Crippen LogP contribution in [0.3, 0.4) is 0 Å². The summed E-state index contributed by atoms with van der Waals surface area (Å²) in [5, 5.41) is 10.3. The number of hydrogen-bond donors (Lipinski definition) is 1. The van der Waals surface area contributed by atoms with E-state index in [0.29, 0.717) is 17.8 Å². The summed E-state index contributed by atoms with van der Waals surface area (Å²) in [6, 6.07) is 15.7. The van der Waals surface area contributed by atoms with Crippen molar-refractivity contribution in [2.24, 2.45) is 7.05 Å². The van der Waals surface area contributed by atoms with Crippen molar-refractivity contribution >= 4 is 33.4 Å². The molecule has 0 aliphatic heterocycles. The Kier molecular flexibility index (Phi) is 4.91. The number of H-pyrrole nitrogens is 1. The molecule has 8 heteroatoms. The van der Waals surface area contributed by atoms with Crippen LogP contribution >= 0.6 is 11.8 Å². The molecule has 0 fully saturated rings. The summed E-state index contributed by atoms with van der Waals surface area (Å²) < 4.78 is 8.48. The minimum atomic E-state index is -0.121. The number of aromatic amines is 1. The maximum Gasteiger partial charge on any atom is 0.274 e. The van der Waals surface area contributed by atoms with Crippen LogP contribution in [0.15, 0.2) is 81.7 Å². The Labute approximate surface area is 182 Å². The highest BCUT2D eigenvalue weighted by Gasteiger charge is 2.11. The molecule has 0 amide bonds. The molecule has 0 aliphatic carbocycles. The number of pyridine rings is 1. The van der Waals surface area contributed by atoms with Gasteiger partial charge in [-0.3, -0.25) is 4.79 Å². The summed E-state index contributed by atoms with van der Waals surface area (Å²) in [5.74, 6) is 0.539.